The Morgan fingerprint density at radius 2 is 1.62 bits per heavy atom. The number of amides is 1. The molecule has 0 unspecified atom stereocenters. The summed E-state index contributed by atoms with van der Waals surface area (Å²) in [5.74, 6) is 1.12. The minimum Gasteiger partial charge on any atom is -0.454 e. The average Bonchev–Trinajstić information content (AvgIpc) is 3.43. The van der Waals surface area contributed by atoms with Crippen LogP contribution in [0.4, 0.5) is 0 Å². The molecular weight excluding hydrogens is 434 g/mol. The standard InChI is InChI=1S/C26H29N3O5/c30-23(28-32)12-6-4-2-1-3-5-9-13-29-20-15-22-21(33-16-34-22)14-19(20)24-25(29)17-10-7-8-11-18(17)26(31)27-24/h7-8,10-11,14-15,32H,1-6,9,12-13,16H2,(H,27,31)(H,28,30). The van der Waals surface area contributed by atoms with Gasteiger partial charge in [0.25, 0.3) is 5.56 Å². The number of ether oxygens (including phenoxy) is 2. The lowest BCUT2D eigenvalue weighted by Gasteiger charge is -2.10. The van der Waals surface area contributed by atoms with Gasteiger partial charge in [-0.15, -0.1) is 0 Å². The molecule has 1 amide bonds. The van der Waals surface area contributed by atoms with Crippen molar-refractivity contribution in [2.75, 3.05) is 6.79 Å². The number of carbonyl (C=O) groups excluding carboxylic acids is 1. The van der Waals surface area contributed by atoms with Crippen LogP contribution in [0.2, 0.25) is 0 Å². The number of fused-ring (bicyclic) bond motifs is 6. The second-order valence-electron chi connectivity index (χ2n) is 8.86. The Hall–Kier alpha value is -3.52. The Morgan fingerprint density at radius 3 is 2.38 bits per heavy atom. The van der Waals surface area contributed by atoms with Gasteiger partial charge in [-0.3, -0.25) is 14.8 Å². The fourth-order valence-electron chi connectivity index (χ4n) is 4.94. The third kappa shape index (κ3) is 4.21. The molecule has 8 nitrogen and oxygen atoms in total. The highest BCUT2D eigenvalue weighted by Crippen LogP contribution is 2.40. The van der Waals surface area contributed by atoms with Crippen LogP contribution in [0.25, 0.3) is 32.7 Å². The van der Waals surface area contributed by atoms with Crippen LogP contribution in [0.3, 0.4) is 0 Å². The van der Waals surface area contributed by atoms with Gasteiger partial charge in [0.15, 0.2) is 11.5 Å². The van der Waals surface area contributed by atoms with Gasteiger partial charge < -0.3 is 19.0 Å². The number of aryl methyl sites for hydroxylation is 1. The van der Waals surface area contributed by atoms with E-state index in [4.69, 9.17) is 14.7 Å². The highest BCUT2D eigenvalue weighted by molar-refractivity contribution is 6.16. The molecule has 0 bridgehead atoms. The van der Waals surface area contributed by atoms with Gasteiger partial charge in [0.05, 0.1) is 16.6 Å². The first-order valence-electron chi connectivity index (χ1n) is 12.0. The summed E-state index contributed by atoms with van der Waals surface area (Å²) in [6.45, 7) is 1.05. The number of rotatable bonds is 10. The zero-order valence-electron chi connectivity index (χ0n) is 19.1. The van der Waals surface area contributed by atoms with E-state index in [0.29, 0.717) is 17.6 Å². The zero-order chi connectivity index (χ0) is 23.5. The minimum absolute atomic E-state index is 0.0868. The maximum absolute atomic E-state index is 12.8. The molecule has 3 N–H and O–H groups in total. The minimum atomic E-state index is -0.317. The largest absolute Gasteiger partial charge is 0.454 e. The molecule has 0 fully saturated rings. The van der Waals surface area contributed by atoms with Crippen LogP contribution < -0.4 is 20.5 Å². The first-order chi connectivity index (χ1) is 16.7. The first kappa shape index (κ1) is 22.3. The molecule has 0 spiro atoms. The molecule has 5 rings (SSSR count). The Morgan fingerprint density at radius 1 is 0.941 bits per heavy atom. The molecule has 0 saturated heterocycles. The van der Waals surface area contributed by atoms with Gasteiger partial charge in [-0.25, -0.2) is 5.48 Å². The Balaban J connectivity index is 1.35. The van der Waals surface area contributed by atoms with E-state index < -0.39 is 0 Å². The average molecular weight is 464 g/mol. The highest BCUT2D eigenvalue weighted by Gasteiger charge is 2.21. The maximum Gasteiger partial charge on any atom is 0.256 e. The second kappa shape index (κ2) is 9.77. The number of pyridine rings is 1. The summed E-state index contributed by atoms with van der Waals surface area (Å²) in [4.78, 5) is 26.9. The highest BCUT2D eigenvalue weighted by atomic mass is 16.7. The number of benzene rings is 2. The van der Waals surface area contributed by atoms with Crippen molar-refractivity contribution < 1.29 is 19.5 Å². The molecule has 34 heavy (non-hydrogen) atoms. The van der Waals surface area contributed by atoms with E-state index in [1.54, 1.807) is 5.48 Å². The van der Waals surface area contributed by atoms with E-state index in [1.165, 1.54) is 0 Å². The lowest BCUT2D eigenvalue weighted by molar-refractivity contribution is -0.129. The number of H-pyrrole nitrogens is 1. The van der Waals surface area contributed by atoms with Gasteiger partial charge in [0, 0.05) is 35.2 Å². The van der Waals surface area contributed by atoms with E-state index in [0.717, 1.165) is 84.6 Å². The summed E-state index contributed by atoms with van der Waals surface area (Å²) in [6.07, 6.45) is 7.64. The van der Waals surface area contributed by atoms with Crippen molar-refractivity contribution in [2.45, 2.75) is 57.9 Å². The van der Waals surface area contributed by atoms with Gasteiger partial charge in [-0.2, -0.15) is 0 Å². The normalized spacial score (nSPS) is 12.7. The van der Waals surface area contributed by atoms with Gasteiger partial charge in [0.2, 0.25) is 12.7 Å². The lowest BCUT2D eigenvalue weighted by Crippen LogP contribution is -2.17. The smallest absolute Gasteiger partial charge is 0.256 e. The number of hydroxylamine groups is 1. The van der Waals surface area contributed by atoms with Crippen LogP contribution in [0.15, 0.2) is 41.2 Å². The van der Waals surface area contributed by atoms with Gasteiger partial charge >= 0.3 is 0 Å². The van der Waals surface area contributed by atoms with Crippen LogP contribution >= 0.6 is 0 Å². The van der Waals surface area contributed by atoms with Crippen molar-refractivity contribution in [3.05, 3.63) is 46.8 Å². The number of aromatic amines is 1. The van der Waals surface area contributed by atoms with Gasteiger partial charge in [-0.05, 0) is 25.0 Å². The summed E-state index contributed by atoms with van der Waals surface area (Å²) in [5, 5.41) is 11.1. The lowest BCUT2D eigenvalue weighted by atomic mass is 10.1. The molecule has 3 heterocycles. The fraction of sp³-hybridized carbons (Fsp3) is 0.385. The molecule has 0 radical (unpaired) electrons. The zero-order valence-corrected chi connectivity index (χ0v) is 19.1. The third-order valence-electron chi connectivity index (χ3n) is 6.63. The van der Waals surface area contributed by atoms with Crippen molar-refractivity contribution in [1.82, 2.24) is 15.0 Å². The van der Waals surface area contributed by atoms with E-state index in [-0.39, 0.29) is 18.3 Å². The number of aromatic nitrogens is 2. The first-order valence-corrected chi connectivity index (χ1v) is 12.0. The summed E-state index contributed by atoms with van der Waals surface area (Å²) < 4.78 is 13.5. The van der Waals surface area contributed by atoms with Gasteiger partial charge in [0.1, 0.15) is 0 Å². The van der Waals surface area contributed by atoms with Crippen molar-refractivity contribution in [3.8, 4) is 11.5 Å². The molecule has 1 aliphatic heterocycles. The van der Waals surface area contributed by atoms with E-state index in [9.17, 15) is 9.59 Å². The third-order valence-corrected chi connectivity index (χ3v) is 6.63. The summed E-state index contributed by atoms with van der Waals surface area (Å²) >= 11 is 0. The summed E-state index contributed by atoms with van der Waals surface area (Å²) in [7, 11) is 0. The molecular formula is C26H29N3O5. The van der Waals surface area contributed by atoms with Gasteiger partial charge in [-0.1, -0.05) is 50.3 Å². The van der Waals surface area contributed by atoms with Crippen molar-refractivity contribution in [3.63, 3.8) is 0 Å². The number of hydrogen-bond acceptors (Lipinski definition) is 5. The van der Waals surface area contributed by atoms with Crippen molar-refractivity contribution in [1.29, 1.82) is 0 Å². The molecule has 4 aromatic rings. The molecule has 178 valence electrons. The summed E-state index contributed by atoms with van der Waals surface area (Å²) in [5.41, 5.74) is 4.50. The predicted molar refractivity (Wildman–Crippen MR) is 131 cm³/mol. The predicted octanol–water partition coefficient (Wildman–Crippen LogP) is 4.99. The number of hydrogen-bond donors (Lipinski definition) is 3. The monoisotopic (exact) mass is 463 g/mol. The SMILES string of the molecule is O=C(CCCCCCCCCn1c2cc3c(cc2c2[nH]c(=O)c4ccccc4c21)OCO3)NO. The quantitative estimate of drug-likeness (QED) is 0.175. The Labute approximate surface area is 196 Å². The van der Waals surface area contributed by atoms with Crippen molar-refractivity contribution in [2.24, 2.45) is 0 Å². The second-order valence-corrected chi connectivity index (χ2v) is 8.86. The van der Waals surface area contributed by atoms with Crippen LogP contribution in [-0.4, -0.2) is 27.5 Å². The summed E-state index contributed by atoms with van der Waals surface area (Å²) in [6, 6.07) is 11.7. The molecule has 0 saturated carbocycles. The van der Waals surface area contributed by atoms with E-state index in [2.05, 4.69) is 9.55 Å². The molecule has 0 aliphatic carbocycles. The molecule has 0 atom stereocenters. The number of carbonyl (C=O) groups is 1. The number of unbranched alkanes of at least 4 members (excludes halogenated alkanes) is 6. The molecule has 2 aromatic carbocycles. The number of nitrogens with zero attached hydrogens (tertiary/aromatic N) is 1. The topological polar surface area (TPSA) is 106 Å². The molecule has 8 heteroatoms. The Bertz CT molecular complexity index is 1400. The fourth-order valence-corrected chi connectivity index (χ4v) is 4.94. The van der Waals surface area contributed by atoms with Crippen LogP contribution in [0.1, 0.15) is 51.4 Å². The van der Waals surface area contributed by atoms with E-state index >= 15 is 0 Å². The van der Waals surface area contributed by atoms with Crippen LogP contribution in [0, 0.1) is 0 Å². The Kier molecular flexibility index (Phi) is 6.40. The van der Waals surface area contributed by atoms with Crippen molar-refractivity contribution >= 4 is 38.6 Å². The number of nitrogens with one attached hydrogen (secondary N) is 2. The molecule has 2 aromatic heterocycles. The van der Waals surface area contributed by atoms with Crippen LogP contribution in [0.5, 0.6) is 11.5 Å². The van der Waals surface area contributed by atoms with E-state index in [1.807, 2.05) is 36.4 Å². The molecule has 1 aliphatic rings. The van der Waals surface area contributed by atoms with Crippen LogP contribution in [-0.2, 0) is 11.3 Å². The maximum atomic E-state index is 12.8.